The van der Waals surface area contributed by atoms with Crippen molar-refractivity contribution in [1.82, 2.24) is 5.32 Å². The molecule has 0 unspecified atom stereocenters. The predicted molar refractivity (Wildman–Crippen MR) is 78.6 cm³/mol. The third-order valence-electron chi connectivity index (χ3n) is 4.38. The fraction of sp³-hybridized carbons (Fsp3) is 0.647. The highest BCUT2D eigenvalue weighted by Gasteiger charge is 2.21. The van der Waals surface area contributed by atoms with Crippen molar-refractivity contribution in [3.63, 3.8) is 0 Å². The van der Waals surface area contributed by atoms with Crippen LogP contribution in [-0.4, -0.2) is 6.04 Å². The van der Waals surface area contributed by atoms with Crippen LogP contribution in [0.1, 0.15) is 64.0 Å². The molecule has 0 bridgehead atoms. The zero-order chi connectivity index (χ0) is 13.7. The van der Waals surface area contributed by atoms with Crippen LogP contribution in [0.2, 0.25) is 0 Å². The van der Waals surface area contributed by atoms with Gasteiger partial charge in [0, 0.05) is 12.1 Å². The summed E-state index contributed by atoms with van der Waals surface area (Å²) in [6.07, 6.45) is 7.92. The summed E-state index contributed by atoms with van der Waals surface area (Å²) in [4.78, 5) is 0. The van der Waals surface area contributed by atoms with Gasteiger partial charge in [-0.15, -0.1) is 0 Å². The van der Waals surface area contributed by atoms with Gasteiger partial charge in [0.2, 0.25) is 0 Å². The van der Waals surface area contributed by atoms with E-state index in [1.807, 2.05) is 6.07 Å². The highest BCUT2D eigenvalue weighted by Crippen LogP contribution is 2.29. The van der Waals surface area contributed by atoms with E-state index in [9.17, 15) is 4.39 Å². The Kier molecular flexibility index (Phi) is 5.38. The number of nitrogens with one attached hydrogen (secondary N) is 1. The predicted octanol–water partition coefficient (Wildman–Crippen LogP) is 4.84. The summed E-state index contributed by atoms with van der Waals surface area (Å²) in [5.74, 6) is 0.797. The Morgan fingerprint density at radius 3 is 2.63 bits per heavy atom. The first kappa shape index (κ1) is 14.5. The normalized spacial score (nSPS) is 25.2. The smallest absolute Gasteiger partial charge is 0.123 e. The van der Waals surface area contributed by atoms with Crippen LogP contribution in [0.4, 0.5) is 4.39 Å². The zero-order valence-corrected chi connectivity index (χ0v) is 12.2. The molecule has 0 radical (unpaired) electrons. The molecule has 1 aliphatic rings. The quantitative estimate of drug-likeness (QED) is 0.802. The van der Waals surface area contributed by atoms with Crippen molar-refractivity contribution in [2.24, 2.45) is 5.92 Å². The second-order valence-corrected chi connectivity index (χ2v) is 5.95. The largest absolute Gasteiger partial charge is 0.307 e. The maximum atomic E-state index is 13.2. The lowest BCUT2D eigenvalue weighted by Gasteiger charge is -2.31. The Hall–Kier alpha value is -0.890. The minimum absolute atomic E-state index is 0.141. The molecule has 2 rings (SSSR count). The van der Waals surface area contributed by atoms with Crippen molar-refractivity contribution >= 4 is 0 Å². The number of benzene rings is 1. The maximum absolute atomic E-state index is 13.2. The molecule has 0 amide bonds. The van der Waals surface area contributed by atoms with Gasteiger partial charge in [-0.1, -0.05) is 31.9 Å². The monoisotopic (exact) mass is 263 g/mol. The maximum Gasteiger partial charge on any atom is 0.123 e. The van der Waals surface area contributed by atoms with Crippen LogP contribution in [-0.2, 0) is 0 Å². The molecule has 1 aromatic rings. The molecular weight excluding hydrogens is 237 g/mol. The number of hydrogen-bond acceptors (Lipinski definition) is 1. The summed E-state index contributed by atoms with van der Waals surface area (Å²) < 4.78 is 13.2. The second kappa shape index (κ2) is 7.04. The van der Waals surface area contributed by atoms with E-state index >= 15 is 0 Å². The number of rotatable bonds is 5. The van der Waals surface area contributed by atoms with Crippen LogP contribution in [0.3, 0.4) is 0 Å². The summed E-state index contributed by atoms with van der Waals surface area (Å²) in [6.45, 7) is 4.41. The lowest BCUT2D eigenvalue weighted by Crippen LogP contribution is -2.35. The molecular formula is C17H26FN. The minimum atomic E-state index is -0.141. The molecule has 0 spiro atoms. The molecule has 1 atom stereocenters. The molecule has 1 aromatic carbocycles. The van der Waals surface area contributed by atoms with E-state index in [1.165, 1.54) is 44.6 Å². The average Bonchev–Trinajstić information content (AvgIpc) is 2.41. The van der Waals surface area contributed by atoms with Gasteiger partial charge in [-0.3, -0.25) is 0 Å². The second-order valence-electron chi connectivity index (χ2n) is 5.95. The molecule has 0 aromatic heterocycles. The third-order valence-corrected chi connectivity index (χ3v) is 4.38. The Bertz CT molecular complexity index is 383. The summed E-state index contributed by atoms with van der Waals surface area (Å²) in [5.41, 5.74) is 1.05. The van der Waals surface area contributed by atoms with Gasteiger partial charge >= 0.3 is 0 Å². The highest BCUT2D eigenvalue weighted by atomic mass is 19.1. The van der Waals surface area contributed by atoms with E-state index in [2.05, 4.69) is 19.2 Å². The molecule has 106 valence electrons. The minimum Gasteiger partial charge on any atom is -0.307 e. The van der Waals surface area contributed by atoms with Crippen LogP contribution < -0.4 is 5.32 Å². The summed E-state index contributed by atoms with van der Waals surface area (Å²) in [6, 6.07) is 7.78. The Labute approximate surface area is 116 Å². The van der Waals surface area contributed by atoms with Crippen LogP contribution >= 0.6 is 0 Å². The average molecular weight is 263 g/mol. The molecule has 0 saturated heterocycles. The van der Waals surface area contributed by atoms with Crippen molar-refractivity contribution in [2.75, 3.05) is 0 Å². The van der Waals surface area contributed by atoms with Gasteiger partial charge in [0.25, 0.3) is 0 Å². The lowest BCUT2D eigenvalue weighted by molar-refractivity contribution is 0.266. The van der Waals surface area contributed by atoms with Crippen molar-refractivity contribution in [3.8, 4) is 0 Å². The van der Waals surface area contributed by atoms with E-state index in [0.29, 0.717) is 6.04 Å². The first-order valence-corrected chi connectivity index (χ1v) is 7.70. The molecule has 1 fully saturated rings. The van der Waals surface area contributed by atoms with Crippen LogP contribution in [0, 0.1) is 11.7 Å². The van der Waals surface area contributed by atoms with E-state index in [4.69, 9.17) is 0 Å². The van der Waals surface area contributed by atoms with Gasteiger partial charge in [-0.05, 0) is 56.2 Å². The van der Waals surface area contributed by atoms with Gasteiger partial charge in [0.05, 0.1) is 0 Å². The van der Waals surface area contributed by atoms with E-state index in [0.717, 1.165) is 11.5 Å². The third kappa shape index (κ3) is 4.31. The van der Waals surface area contributed by atoms with E-state index in [1.54, 1.807) is 12.1 Å². The zero-order valence-electron chi connectivity index (χ0n) is 12.2. The molecule has 1 aliphatic carbocycles. The Morgan fingerprint density at radius 1 is 1.26 bits per heavy atom. The van der Waals surface area contributed by atoms with Crippen LogP contribution in [0.15, 0.2) is 24.3 Å². The van der Waals surface area contributed by atoms with Crippen LogP contribution in [0.25, 0.3) is 0 Å². The van der Waals surface area contributed by atoms with Crippen molar-refractivity contribution in [1.29, 1.82) is 0 Å². The van der Waals surface area contributed by atoms with Crippen molar-refractivity contribution in [2.45, 2.75) is 64.5 Å². The standard InChI is InChI=1S/C17H26FN/c1-3-5-14-8-10-17(11-9-14)19-13(2)15-6-4-7-16(18)12-15/h4,6-7,12-14,17,19H,3,5,8-11H2,1-2H3/t13-,14?,17?/m1/s1. The molecule has 0 heterocycles. The number of halogens is 1. The van der Waals surface area contributed by atoms with Gasteiger partial charge in [-0.2, -0.15) is 0 Å². The fourth-order valence-electron chi connectivity index (χ4n) is 3.25. The van der Waals surface area contributed by atoms with Gasteiger partial charge in [0.15, 0.2) is 0 Å². The van der Waals surface area contributed by atoms with Crippen LogP contribution in [0.5, 0.6) is 0 Å². The SMILES string of the molecule is CCCC1CCC(N[C@H](C)c2cccc(F)c2)CC1. The van der Waals surface area contributed by atoms with E-state index in [-0.39, 0.29) is 11.9 Å². The summed E-state index contributed by atoms with van der Waals surface area (Å²) >= 11 is 0. The van der Waals surface area contributed by atoms with Gasteiger partial charge in [-0.25, -0.2) is 4.39 Å². The molecule has 1 N–H and O–H groups in total. The van der Waals surface area contributed by atoms with Crippen molar-refractivity contribution < 1.29 is 4.39 Å². The van der Waals surface area contributed by atoms with Crippen molar-refractivity contribution in [3.05, 3.63) is 35.6 Å². The first-order valence-electron chi connectivity index (χ1n) is 7.70. The first-order chi connectivity index (χ1) is 9.19. The van der Waals surface area contributed by atoms with Gasteiger partial charge < -0.3 is 5.32 Å². The molecule has 2 heteroatoms. The Morgan fingerprint density at radius 2 is 2.00 bits per heavy atom. The van der Waals surface area contributed by atoms with Gasteiger partial charge in [0.1, 0.15) is 5.82 Å². The molecule has 1 saturated carbocycles. The highest BCUT2D eigenvalue weighted by molar-refractivity contribution is 5.19. The fourth-order valence-corrected chi connectivity index (χ4v) is 3.25. The molecule has 19 heavy (non-hydrogen) atoms. The summed E-state index contributed by atoms with van der Waals surface area (Å²) in [7, 11) is 0. The molecule has 1 nitrogen and oxygen atoms in total. The molecule has 0 aliphatic heterocycles. The van der Waals surface area contributed by atoms with E-state index < -0.39 is 0 Å². The summed E-state index contributed by atoms with van der Waals surface area (Å²) in [5, 5.41) is 3.66. The topological polar surface area (TPSA) is 12.0 Å². The Balaban J connectivity index is 1.82. The number of hydrogen-bond donors (Lipinski definition) is 1. The lowest BCUT2D eigenvalue weighted by atomic mass is 9.83.